The third-order valence-corrected chi connectivity index (χ3v) is 4.46. The Hall–Kier alpha value is -3.80. The third kappa shape index (κ3) is 3.53. The van der Waals surface area contributed by atoms with Gasteiger partial charge in [0, 0.05) is 22.3 Å². The number of rotatable bonds is 4. The second kappa shape index (κ2) is 7.08. The summed E-state index contributed by atoms with van der Waals surface area (Å²) < 4.78 is 5.08. The molecular formula is C22H19N3O3. The number of carbonyl (C=O) groups excluding carboxylic acids is 2. The van der Waals surface area contributed by atoms with E-state index in [9.17, 15) is 9.59 Å². The van der Waals surface area contributed by atoms with Crippen LogP contribution in [-0.4, -0.2) is 16.8 Å². The van der Waals surface area contributed by atoms with Crippen molar-refractivity contribution in [3.63, 3.8) is 0 Å². The first-order valence-corrected chi connectivity index (χ1v) is 8.86. The number of aryl methyl sites for hydroxylation is 2. The van der Waals surface area contributed by atoms with Gasteiger partial charge in [-0.25, -0.2) is 0 Å². The first-order valence-electron chi connectivity index (χ1n) is 8.86. The fourth-order valence-electron chi connectivity index (χ4n) is 3.20. The lowest BCUT2D eigenvalue weighted by molar-refractivity contribution is 0.0994. The average Bonchev–Trinajstić information content (AvgIpc) is 3.32. The molecule has 2 aromatic carbocycles. The summed E-state index contributed by atoms with van der Waals surface area (Å²) >= 11 is 0. The molecule has 0 spiro atoms. The molecule has 6 nitrogen and oxygen atoms in total. The lowest BCUT2D eigenvalue weighted by Gasteiger charge is -2.07. The number of hydrogen-bond acceptors (Lipinski definition) is 3. The van der Waals surface area contributed by atoms with Gasteiger partial charge in [0.15, 0.2) is 5.76 Å². The molecule has 4 aromatic rings. The zero-order valence-electron chi connectivity index (χ0n) is 15.5. The Bertz CT molecular complexity index is 1170. The molecular weight excluding hydrogens is 354 g/mol. The topological polar surface area (TPSA) is 87.1 Å². The van der Waals surface area contributed by atoms with Crippen LogP contribution in [0.1, 0.15) is 32.2 Å². The molecule has 0 radical (unpaired) electrons. The van der Waals surface area contributed by atoms with Gasteiger partial charge < -0.3 is 20.0 Å². The molecule has 0 atom stereocenters. The summed E-state index contributed by atoms with van der Waals surface area (Å²) in [4.78, 5) is 27.9. The van der Waals surface area contributed by atoms with Crippen LogP contribution in [-0.2, 0) is 0 Å². The Balaban J connectivity index is 1.52. The summed E-state index contributed by atoms with van der Waals surface area (Å²) in [5.41, 5.74) is 4.80. The molecule has 0 saturated carbocycles. The predicted octanol–water partition coefficient (Wildman–Crippen LogP) is 4.88. The smallest absolute Gasteiger partial charge is 0.291 e. The van der Waals surface area contributed by atoms with Crippen LogP contribution in [0.2, 0.25) is 0 Å². The molecule has 3 N–H and O–H groups in total. The maximum Gasteiger partial charge on any atom is 0.291 e. The van der Waals surface area contributed by atoms with Gasteiger partial charge in [0.25, 0.3) is 11.8 Å². The third-order valence-electron chi connectivity index (χ3n) is 4.46. The Morgan fingerprint density at radius 1 is 0.893 bits per heavy atom. The van der Waals surface area contributed by atoms with Gasteiger partial charge in [-0.05, 0) is 67.4 Å². The highest BCUT2D eigenvalue weighted by atomic mass is 16.3. The molecule has 4 rings (SSSR count). The average molecular weight is 373 g/mol. The molecule has 0 aliphatic heterocycles. The van der Waals surface area contributed by atoms with E-state index >= 15 is 0 Å². The first-order chi connectivity index (χ1) is 13.5. The molecule has 28 heavy (non-hydrogen) atoms. The van der Waals surface area contributed by atoms with E-state index in [4.69, 9.17) is 4.42 Å². The SMILES string of the molecule is Cc1cc(C)c2cc(C(=O)Nc3cccc(NC(=O)c4ccco4)c3)[nH]c2c1. The van der Waals surface area contributed by atoms with Gasteiger partial charge in [0.2, 0.25) is 0 Å². The highest BCUT2D eigenvalue weighted by Gasteiger charge is 2.13. The normalized spacial score (nSPS) is 10.8. The Morgan fingerprint density at radius 3 is 2.36 bits per heavy atom. The van der Waals surface area contributed by atoms with Gasteiger partial charge in [-0.3, -0.25) is 9.59 Å². The van der Waals surface area contributed by atoms with Crippen LogP contribution in [0, 0.1) is 13.8 Å². The largest absolute Gasteiger partial charge is 0.459 e. The van der Waals surface area contributed by atoms with E-state index < -0.39 is 0 Å². The van der Waals surface area contributed by atoms with E-state index in [-0.39, 0.29) is 17.6 Å². The van der Waals surface area contributed by atoms with E-state index in [1.54, 1.807) is 36.4 Å². The maximum absolute atomic E-state index is 12.7. The highest BCUT2D eigenvalue weighted by Crippen LogP contribution is 2.23. The van der Waals surface area contributed by atoms with E-state index in [2.05, 4.69) is 21.7 Å². The van der Waals surface area contributed by atoms with Crippen molar-refractivity contribution >= 4 is 34.1 Å². The van der Waals surface area contributed by atoms with E-state index in [0.717, 1.165) is 22.0 Å². The maximum atomic E-state index is 12.7. The molecule has 0 saturated heterocycles. The summed E-state index contributed by atoms with van der Waals surface area (Å²) in [5, 5.41) is 6.62. The van der Waals surface area contributed by atoms with Crippen molar-refractivity contribution in [2.24, 2.45) is 0 Å². The highest BCUT2D eigenvalue weighted by molar-refractivity contribution is 6.07. The zero-order valence-corrected chi connectivity index (χ0v) is 15.5. The van der Waals surface area contributed by atoms with Crippen molar-refractivity contribution in [3.8, 4) is 0 Å². The van der Waals surface area contributed by atoms with E-state index in [1.807, 2.05) is 26.0 Å². The standard InChI is InChI=1S/C22H19N3O3/c1-13-9-14(2)17-12-19(25-18(17)10-13)21(26)23-15-5-3-6-16(11-15)24-22(27)20-7-4-8-28-20/h3-12,25H,1-2H3,(H,23,26)(H,24,27). The summed E-state index contributed by atoms with van der Waals surface area (Å²) in [6.07, 6.45) is 1.44. The Labute approximate surface area is 161 Å². The van der Waals surface area contributed by atoms with E-state index in [1.165, 1.54) is 6.26 Å². The molecule has 2 aromatic heterocycles. The van der Waals surface area contributed by atoms with Crippen molar-refractivity contribution in [3.05, 3.63) is 83.4 Å². The quantitative estimate of drug-likeness (QED) is 0.476. The van der Waals surface area contributed by atoms with Gasteiger partial charge in [0.05, 0.1) is 6.26 Å². The summed E-state index contributed by atoms with van der Waals surface area (Å²) in [6, 6.07) is 16.1. The second-order valence-electron chi connectivity index (χ2n) is 6.69. The molecule has 2 heterocycles. The van der Waals surface area contributed by atoms with Gasteiger partial charge in [-0.2, -0.15) is 0 Å². The Kier molecular flexibility index (Phi) is 4.45. The minimum atomic E-state index is -0.352. The van der Waals surface area contributed by atoms with Crippen LogP contribution in [0.5, 0.6) is 0 Å². The van der Waals surface area contributed by atoms with Crippen LogP contribution in [0.4, 0.5) is 11.4 Å². The lowest BCUT2D eigenvalue weighted by atomic mass is 10.1. The van der Waals surface area contributed by atoms with Gasteiger partial charge in [0.1, 0.15) is 5.69 Å². The fourth-order valence-corrected chi connectivity index (χ4v) is 3.20. The first kappa shape index (κ1) is 17.6. The van der Waals surface area contributed by atoms with Crippen molar-refractivity contribution in [2.45, 2.75) is 13.8 Å². The predicted molar refractivity (Wildman–Crippen MR) is 109 cm³/mol. The minimum Gasteiger partial charge on any atom is -0.459 e. The van der Waals surface area contributed by atoms with Gasteiger partial charge in [-0.15, -0.1) is 0 Å². The number of benzene rings is 2. The van der Waals surface area contributed by atoms with Crippen molar-refractivity contribution < 1.29 is 14.0 Å². The fraction of sp³-hybridized carbons (Fsp3) is 0.0909. The van der Waals surface area contributed by atoms with Crippen molar-refractivity contribution in [2.75, 3.05) is 10.6 Å². The molecule has 2 amide bonds. The van der Waals surface area contributed by atoms with Crippen molar-refractivity contribution in [1.29, 1.82) is 0 Å². The van der Waals surface area contributed by atoms with E-state index in [0.29, 0.717) is 17.1 Å². The lowest BCUT2D eigenvalue weighted by Crippen LogP contribution is -2.13. The summed E-state index contributed by atoms with van der Waals surface area (Å²) in [5.74, 6) is -0.379. The second-order valence-corrected chi connectivity index (χ2v) is 6.69. The molecule has 0 aliphatic rings. The zero-order chi connectivity index (χ0) is 19.7. The number of nitrogens with one attached hydrogen (secondary N) is 3. The van der Waals surface area contributed by atoms with Crippen LogP contribution < -0.4 is 10.6 Å². The number of furan rings is 1. The van der Waals surface area contributed by atoms with Crippen molar-refractivity contribution in [1.82, 2.24) is 4.98 Å². The number of fused-ring (bicyclic) bond motifs is 1. The van der Waals surface area contributed by atoms with Gasteiger partial charge in [-0.1, -0.05) is 12.1 Å². The molecule has 0 aliphatic carbocycles. The van der Waals surface area contributed by atoms with Crippen LogP contribution >= 0.6 is 0 Å². The van der Waals surface area contributed by atoms with Crippen LogP contribution in [0.3, 0.4) is 0 Å². The Morgan fingerprint density at radius 2 is 1.64 bits per heavy atom. The number of aromatic nitrogens is 1. The summed E-state index contributed by atoms with van der Waals surface area (Å²) in [7, 11) is 0. The number of H-pyrrole nitrogens is 1. The number of aromatic amines is 1. The van der Waals surface area contributed by atoms with Crippen LogP contribution in [0.25, 0.3) is 10.9 Å². The van der Waals surface area contributed by atoms with Crippen LogP contribution in [0.15, 0.2) is 65.3 Å². The number of anilines is 2. The molecule has 0 bridgehead atoms. The monoisotopic (exact) mass is 373 g/mol. The molecule has 0 fully saturated rings. The molecule has 140 valence electrons. The van der Waals surface area contributed by atoms with Gasteiger partial charge >= 0.3 is 0 Å². The summed E-state index contributed by atoms with van der Waals surface area (Å²) in [6.45, 7) is 4.05. The molecule has 6 heteroatoms. The number of carbonyl (C=O) groups is 2. The minimum absolute atomic E-state index is 0.221. The number of amides is 2. The number of hydrogen-bond donors (Lipinski definition) is 3. The molecule has 0 unspecified atom stereocenters.